The van der Waals surface area contributed by atoms with Crippen LogP contribution in [-0.2, 0) is 30.4 Å². The van der Waals surface area contributed by atoms with E-state index in [-0.39, 0.29) is 18.6 Å². The molecule has 1 rings (SSSR count). The lowest BCUT2D eigenvalue weighted by molar-refractivity contribution is -0.143. The molecule has 200 valence electrons. The fourth-order valence-electron chi connectivity index (χ4n) is 3.13. The molecule has 0 spiro atoms. The zero-order valence-electron chi connectivity index (χ0n) is 19.6. The van der Waals surface area contributed by atoms with Crippen molar-refractivity contribution in [3.05, 3.63) is 29.8 Å². The summed E-state index contributed by atoms with van der Waals surface area (Å²) in [6, 6.07) is 0.167. The molecule has 0 aromatic heterocycles. The van der Waals surface area contributed by atoms with E-state index in [1.54, 1.807) is 0 Å². The number of aliphatic hydroxyl groups is 1. The van der Waals surface area contributed by atoms with E-state index in [1.807, 2.05) is 0 Å². The largest absolute Gasteiger partial charge is 0.508 e. The van der Waals surface area contributed by atoms with E-state index < -0.39 is 66.9 Å². The van der Waals surface area contributed by atoms with Crippen molar-refractivity contribution in [2.75, 3.05) is 13.2 Å². The fourth-order valence-corrected chi connectivity index (χ4v) is 3.13. The van der Waals surface area contributed by atoms with Crippen LogP contribution in [0.2, 0.25) is 0 Å². The number of carbonyl (C=O) groups excluding carboxylic acids is 3. The summed E-state index contributed by atoms with van der Waals surface area (Å²) in [6.07, 6.45) is 0.277. The molecule has 0 radical (unpaired) electrons. The third-order valence-corrected chi connectivity index (χ3v) is 5.12. The lowest BCUT2D eigenvalue weighted by atomic mass is 10.0. The van der Waals surface area contributed by atoms with Crippen LogP contribution in [0.15, 0.2) is 24.3 Å². The van der Waals surface area contributed by atoms with Crippen molar-refractivity contribution in [1.29, 1.82) is 0 Å². The molecule has 11 N–H and O–H groups in total. The Labute approximate surface area is 207 Å². The van der Waals surface area contributed by atoms with E-state index in [0.29, 0.717) is 24.9 Å². The van der Waals surface area contributed by atoms with Gasteiger partial charge in [-0.2, -0.15) is 0 Å². The summed E-state index contributed by atoms with van der Waals surface area (Å²) in [4.78, 5) is 60.3. The highest BCUT2D eigenvalue weighted by molar-refractivity contribution is 5.94. The van der Waals surface area contributed by atoms with Gasteiger partial charge in [0.25, 0.3) is 0 Å². The van der Waals surface area contributed by atoms with Crippen molar-refractivity contribution >= 4 is 29.7 Å². The molecule has 36 heavy (non-hydrogen) atoms. The average molecular weight is 512 g/mol. The first-order valence-electron chi connectivity index (χ1n) is 11.2. The Kier molecular flexibility index (Phi) is 12.9. The number of aliphatic carboxylic acids is 2. The Morgan fingerprint density at radius 3 is 1.92 bits per heavy atom. The highest BCUT2D eigenvalue weighted by atomic mass is 16.4. The molecule has 1 aromatic carbocycles. The minimum Gasteiger partial charge on any atom is -0.508 e. The number of amides is 3. The highest BCUT2D eigenvalue weighted by Gasteiger charge is 2.30. The number of carbonyl (C=O) groups is 5. The number of hydrogen-bond acceptors (Lipinski definition) is 9. The van der Waals surface area contributed by atoms with Gasteiger partial charge in [-0.1, -0.05) is 12.1 Å². The second-order valence-electron chi connectivity index (χ2n) is 8.06. The van der Waals surface area contributed by atoms with Crippen LogP contribution in [0.4, 0.5) is 0 Å². The molecule has 14 nitrogen and oxygen atoms in total. The molecule has 0 saturated carbocycles. The number of carboxylic acids is 2. The maximum Gasteiger partial charge on any atom is 0.328 e. The standard InChI is InChI=1S/C22H33N5O9/c23-8-2-1-3-15(25-19(32)14(24)10-18(30)31)20(33)26-16(9-12-4-6-13(29)7-5-12)21(34)27-17(11-28)22(35)36/h4-7,14-17,28-29H,1-3,8-11,23-24H2,(H,25,32)(H,26,33)(H,27,34)(H,30,31)(H,35,36). The molecule has 0 saturated heterocycles. The van der Waals surface area contributed by atoms with Crippen molar-refractivity contribution in [2.45, 2.75) is 56.3 Å². The van der Waals surface area contributed by atoms with Gasteiger partial charge in [-0.15, -0.1) is 0 Å². The second kappa shape index (κ2) is 15.3. The fraction of sp³-hybridized carbons (Fsp3) is 0.500. The smallest absolute Gasteiger partial charge is 0.328 e. The van der Waals surface area contributed by atoms with Crippen LogP contribution in [0.3, 0.4) is 0 Å². The Bertz CT molecular complexity index is 910. The third kappa shape index (κ3) is 10.7. The lowest BCUT2D eigenvalue weighted by Gasteiger charge is -2.25. The highest BCUT2D eigenvalue weighted by Crippen LogP contribution is 2.12. The number of nitrogens with two attached hydrogens (primary N) is 2. The van der Waals surface area contributed by atoms with Gasteiger partial charge in [-0.25, -0.2) is 4.79 Å². The number of hydrogen-bond donors (Lipinski definition) is 9. The molecule has 1 aromatic rings. The summed E-state index contributed by atoms with van der Waals surface area (Å²) < 4.78 is 0. The Hall–Kier alpha value is -3.75. The van der Waals surface area contributed by atoms with E-state index >= 15 is 0 Å². The third-order valence-electron chi connectivity index (χ3n) is 5.12. The summed E-state index contributed by atoms with van der Waals surface area (Å²) in [5.74, 6) is -5.40. The molecule has 0 fully saturated rings. The topological polar surface area (TPSA) is 254 Å². The van der Waals surface area contributed by atoms with Crippen molar-refractivity contribution in [3.63, 3.8) is 0 Å². The van der Waals surface area contributed by atoms with Gasteiger partial charge in [-0.3, -0.25) is 19.2 Å². The normalized spacial score (nSPS) is 14.1. The zero-order valence-corrected chi connectivity index (χ0v) is 19.6. The average Bonchev–Trinajstić information content (AvgIpc) is 2.81. The number of nitrogens with one attached hydrogen (secondary N) is 3. The van der Waals surface area contributed by atoms with Crippen molar-refractivity contribution in [1.82, 2.24) is 16.0 Å². The van der Waals surface area contributed by atoms with Crippen LogP contribution in [0.25, 0.3) is 0 Å². The zero-order chi connectivity index (χ0) is 27.3. The number of rotatable bonds is 16. The number of unbranched alkanes of at least 4 members (excludes halogenated alkanes) is 1. The summed E-state index contributed by atoms with van der Waals surface area (Å²) in [7, 11) is 0. The summed E-state index contributed by atoms with van der Waals surface area (Å²) in [5, 5.41) is 43.7. The predicted octanol–water partition coefficient (Wildman–Crippen LogP) is -2.60. The van der Waals surface area contributed by atoms with Crippen LogP contribution in [-0.4, -0.2) is 87.4 Å². The number of aromatic hydroxyl groups is 1. The molecule has 0 aliphatic rings. The van der Waals surface area contributed by atoms with E-state index in [0.717, 1.165) is 0 Å². The first kappa shape index (κ1) is 30.3. The van der Waals surface area contributed by atoms with E-state index in [2.05, 4.69) is 16.0 Å². The van der Waals surface area contributed by atoms with Crippen molar-refractivity contribution < 1.29 is 44.4 Å². The second-order valence-corrected chi connectivity index (χ2v) is 8.06. The number of carboxylic acid groups (broad SMARTS) is 2. The number of phenols is 1. The summed E-state index contributed by atoms with van der Waals surface area (Å²) >= 11 is 0. The first-order valence-corrected chi connectivity index (χ1v) is 11.2. The van der Waals surface area contributed by atoms with Gasteiger partial charge in [0, 0.05) is 6.42 Å². The molecular formula is C22H33N5O9. The molecular weight excluding hydrogens is 478 g/mol. The van der Waals surface area contributed by atoms with E-state index in [9.17, 15) is 34.2 Å². The monoisotopic (exact) mass is 511 g/mol. The molecule has 0 aliphatic heterocycles. The number of benzene rings is 1. The number of phenolic OH excluding ortho intramolecular Hbond substituents is 1. The minimum absolute atomic E-state index is 0.0320. The summed E-state index contributed by atoms with van der Waals surface area (Å²) in [5.41, 5.74) is 11.6. The quantitative estimate of drug-likeness (QED) is 0.104. The van der Waals surface area contributed by atoms with Crippen LogP contribution >= 0.6 is 0 Å². The van der Waals surface area contributed by atoms with Gasteiger partial charge in [0.1, 0.15) is 23.9 Å². The van der Waals surface area contributed by atoms with Crippen LogP contribution in [0, 0.1) is 0 Å². The molecule has 0 heterocycles. The molecule has 4 unspecified atom stereocenters. The maximum absolute atomic E-state index is 13.1. The van der Waals surface area contributed by atoms with Crippen molar-refractivity contribution in [3.8, 4) is 5.75 Å². The van der Waals surface area contributed by atoms with Gasteiger partial charge < -0.3 is 47.8 Å². The van der Waals surface area contributed by atoms with Crippen LogP contribution in [0.1, 0.15) is 31.2 Å². The molecule has 0 bridgehead atoms. The van der Waals surface area contributed by atoms with Gasteiger partial charge in [0.15, 0.2) is 0 Å². The molecule has 0 aliphatic carbocycles. The minimum atomic E-state index is -1.62. The maximum atomic E-state index is 13.1. The SMILES string of the molecule is NCCCCC(NC(=O)C(N)CC(=O)O)C(=O)NC(Cc1ccc(O)cc1)C(=O)NC(CO)C(=O)O. The number of aliphatic hydroxyl groups excluding tert-OH is 1. The van der Waals surface area contributed by atoms with Crippen LogP contribution in [0.5, 0.6) is 5.75 Å². The van der Waals surface area contributed by atoms with E-state index in [4.69, 9.17) is 21.7 Å². The predicted molar refractivity (Wildman–Crippen MR) is 125 cm³/mol. The van der Waals surface area contributed by atoms with Gasteiger partial charge in [-0.05, 0) is 43.5 Å². The molecule has 14 heteroatoms. The Balaban J connectivity index is 3.11. The first-order chi connectivity index (χ1) is 17.0. The Morgan fingerprint density at radius 1 is 0.833 bits per heavy atom. The van der Waals surface area contributed by atoms with E-state index in [1.165, 1.54) is 24.3 Å². The summed E-state index contributed by atoms with van der Waals surface area (Å²) in [6.45, 7) is -0.565. The van der Waals surface area contributed by atoms with Gasteiger partial charge in [0.2, 0.25) is 17.7 Å². The van der Waals surface area contributed by atoms with Gasteiger partial charge in [0.05, 0.1) is 19.1 Å². The van der Waals surface area contributed by atoms with Gasteiger partial charge >= 0.3 is 11.9 Å². The van der Waals surface area contributed by atoms with Crippen LogP contribution < -0.4 is 27.4 Å². The lowest BCUT2D eigenvalue weighted by Crippen LogP contribution is -2.58. The van der Waals surface area contributed by atoms with Crippen molar-refractivity contribution in [2.24, 2.45) is 11.5 Å². The molecule has 4 atom stereocenters. The molecule has 3 amide bonds. The Morgan fingerprint density at radius 2 is 1.39 bits per heavy atom.